The van der Waals surface area contributed by atoms with Gasteiger partial charge in [0.15, 0.2) is 6.10 Å². The molecule has 0 radical (unpaired) electrons. The highest BCUT2D eigenvalue weighted by Crippen LogP contribution is 2.19. The van der Waals surface area contributed by atoms with Crippen LogP contribution in [0.4, 0.5) is 4.39 Å². The Balaban J connectivity index is 1.86. The van der Waals surface area contributed by atoms with E-state index in [0.717, 1.165) is 0 Å². The molecule has 2 aromatic carbocycles. The zero-order valence-electron chi connectivity index (χ0n) is 13.2. The lowest BCUT2D eigenvalue weighted by Crippen LogP contribution is -2.30. The van der Waals surface area contributed by atoms with Crippen molar-refractivity contribution >= 4 is 11.9 Å². The number of carbonyl (C=O) groups is 2. The number of primary amides is 1. The molecule has 0 aliphatic rings. The number of carbonyl (C=O) groups excluding carboxylic acids is 2. The Morgan fingerprint density at radius 1 is 1.08 bits per heavy atom. The molecule has 0 saturated heterocycles. The minimum Gasteiger partial charge on any atom is -0.481 e. The fourth-order valence-electron chi connectivity index (χ4n) is 1.97. The lowest BCUT2D eigenvalue weighted by Gasteiger charge is -2.11. The number of aryl methyl sites for hydroxylation is 1. The van der Waals surface area contributed by atoms with E-state index in [4.69, 9.17) is 15.2 Å². The van der Waals surface area contributed by atoms with Gasteiger partial charge in [0.05, 0.1) is 6.42 Å². The highest BCUT2D eigenvalue weighted by atomic mass is 19.1. The van der Waals surface area contributed by atoms with Gasteiger partial charge in [0.25, 0.3) is 5.91 Å². The molecule has 0 aliphatic heterocycles. The standard InChI is InChI=1S/C18H18FNO4/c1-12(18(20)22)23-14-7-9-15(10-8-14)24-17(21)11-6-13-4-2-3-5-16(13)19/h2-5,7-10,12H,6,11H2,1H3,(H2,20,22)/t12-/m1/s1. The van der Waals surface area contributed by atoms with E-state index >= 15 is 0 Å². The van der Waals surface area contributed by atoms with Crippen molar-refractivity contribution in [3.8, 4) is 11.5 Å². The molecule has 0 aromatic heterocycles. The third-order valence-corrected chi connectivity index (χ3v) is 3.33. The lowest BCUT2D eigenvalue weighted by molar-refractivity contribution is -0.134. The second-order valence-corrected chi connectivity index (χ2v) is 5.20. The van der Waals surface area contributed by atoms with Gasteiger partial charge in [0.1, 0.15) is 17.3 Å². The molecule has 6 heteroatoms. The van der Waals surface area contributed by atoms with Crippen LogP contribution in [-0.4, -0.2) is 18.0 Å². The average molecular weight is 331 g/mol. The second-order valence-electron chi connectivity index (χ2n) is 5.20. The molecule has 0 heterocycles. The van der Waals surface area contributed by atoms with E-state index < -0.39 is 18.0 Å². The summed E-state index contributed by atoms with van der Waals surface area (Å²) in [6.45, 7) is 1.54. The van der Waals surface area contributed by atoms with Gasteiger partial charge in [0.2, 0.25) is 0 Å². The van der Waals surface area contributed by atoms with E-state index in [-0.39, 0.29) is 18.7 Å². The predicted molar refractivity (Wildman–Crippen MR) is 86.1 cm³/mol. The van der Waals surface area contributed by atoms with Gasteiger partial charge in [-0.3, -0.25) is 9.59 Å². The first-order valence-corrected chi connectivity index (χ1v) is 7.46. The fraction of sp³-hybridized carbons (Fsp3) is 0.222. The third kappa shape index (κ3) is 5.08. The zero-order valence-corrected chi connectivity index (χ0v) is 13.2. The topological polar surface area (TPSA) is 78.6 Å². The first-order valence-electron chi connectivity index (χ1n) is 7.46. The number of esters is 1. The first kappa shape index (κ1) is 17.5. The number of rotatable bonds is 7. The number of amides is 1. The van der Waals surface area contributed by atoms with Crippen LogP contribution in [0, 0.1) is 5.82 Å². The predicted octanol–water partition coefficient (Wildman–Crippen LogP) is 2.62. The van der Waals surface area contributed by atoms with Crippen molar-refractivity contribution in [1.82, 2.24) is 0 Å². The highest BCUT2D eigenvalue weighted by molar-refractivity contribution is 5.78. The Hall–Kier alpha value is -2.89. The lowest BCUT2D eigenvalue weighted by atomic mass is 10.1. The monoisotopic (exact) mass is 331 g/mol. The largest absolute Gasteiger partial charge is 0.481 e. The van der Waals surface area contributed by atoms with Crippen LogP contribution in [0.3, 0.4) is 0 Å². The Morgan fingerprint density at radius 2 is 1.71 bits per heavy atom. The molecule has 2 N–H and O–H groups in total. The minimum atomic E-state index is -0.751. The quantitative estimate of drug-likeness (QED) is 0.625. The number of ether oxygens (including phenoxy) is 2. The molecule has 0 unspecified atom stereocenters. The summed E-state index contributed by atoms with van der Waals surface area (Å²) in [6, 6.07) is 12.5. The van der Waals surface area contributed by atoms with Gasteiger partial charge in [-0.15, -0.1) is 0 Å². The number of hydrogen-bond donors (Lipinski definition) is 1. The van der Waals surface area contributed by atoms with Gasteiger partial charge in [-0.2, -0.15) is 0 Å². The molecule has 0 spiro atoms. The van der Waals surface area contributed by atoms with Crippen molar-refractivity contribution in [2.24, 2.45) is 5.73 Å². The van der Waals surface area contributed by atoms with Crippen molar-refractivity contribution < 1.29 is 23.5 Å². The van der Waals surface area contributed by atoms with E-state index in [1.165, 1.54) is 6.07 Å². The van der Waals surface area contributed by atoms with Gasteiger partial charge in [-0.25, -0.2) is 4.39 Å². The molecule has 2 rings (SSSR count). The summed E-state index contributed by atoms with van der Waals surface area (Å²) < 4.78 is 23.9. The van der Waals surface area contributed by atoms with E-state index in [9.17, 15) is 14.0 Å². The maximum Gasteiger partial charge on any atom is 0.311 e. The summed E-state index contributed by atoms with van der Waals surface area (Å²) in [5, 5.41) is 0. The Morgan fingerprint density at radius 3 is 2.33 bits per heavy atom. The van der Waals surface area contributed by atoms with Gasteiger partial charge in [-0.1, -0.05) is 18.2 Å². The molecule has 1 amide bonds. The van der Waals surface area contributed by atoms with Crippen molar-refractivity contribution in [2.45, 2.75) is 25.9 Å². The summed E-state index contributed by atoms with van der Waals surface area (Å²) in [6.07, 6.45) is -0.417. The van der Waals surface area contributed by atoms with Crippen molar-refractivity contribution in [1.29, 1.82) is 0 Å². The van der Waals surface area contributed by atoms with E-state index in [1.54, 1.807) is 49.4 Å². The molecule has 5 nitrogen and oxygen atoms in total. The second kappa shape index (κ2) is 8.10. The number of nitrogens with two attached hydrogens (primary N) is 1. The van der Waals surface area contributed by atoms with Crippen LogP contribution < -0.4 is 15.2 Å². The van der Waals surface area contributed by atoms with Crippen LogP contribution in [0.1, 0.15) is 18.9 Å². The maximum absolute atomic E-state index is 13.5. The minimum absolute atomic E-state index is 0.0674. The number of hydrogen-bond acceptors (Lipinski definition) is 4. The van der Waals surface area contributed by atoms with Crippen molar-refractivity contribution in [2.75, 3.05) is 0 Å². The smallest absolute Gasteiger partial charge is 0.311 e. The van der Waals surface area contributed by atoms with E-state index in [2.05, 4.69) is 0 Å². The highest BCUT2D eigenvalue weighted by Gasteiger charge is 2.11. The van der Waals surface area contributed by atoms with E-state index in [0.29, 0.717) is 17.1 Å². The van der Waals surface area contributed by atoms with Crippen LogP contribution in [-0.2, 0) is 16.0 Å². The molecule has 1 atom stereocenters. The first-order chi connectivity index (χ1) is 11.5. The van der Waals surface area contributed by atoms with Crippen LogP contribution in [0.25, 0.3) is 0 Å². The SMILES string of the molecule is C[C@@H](Oc1ccc(OC(=O)CCc2ccccc2F)cc1)C(N)=O. The molecule has 24 heavy (non-hydrogen) atoms. The summed E-state index contributed by atoms with van der Waals surface area (Å²) in [5.74, 6) is -0.591. The Kier molecular flexibility index (Phi) is 5.89. The van der Waals surface area contributed by atoms with Crippen molar-refractivity contribution in [3.63, 3.8) is 0 Å². The van der Waals surface area contributed by atoms with Crippen molar-refractivity contribution in [3.05, 3.63) is 59.9 Å². The number of benzene rings is 2. The van der Waals surface area contributed by atoms with Crippen LogP contribution in [0.15, 0.2) is 48.5 Å². The molecule has 0 bridgehead atoms. The molecule has 126 valence electrons. The van der Waals surface area contributed by atoms with Gasteiger partial charge in [-0.05, 0) is 49.2 Å². The third-order valence-electron chi connectivity index (χ3n) is 3.33. The molecule has 0 fully saturated rings. The van der Waals surface area contributed by atoms with E-state index in [1.807, 2.05) is 0 Å². The maximum atomic E-state index is 13.5. The molecule has 2 aromatic rings. The summed E-state index contributed by atoms with van der Waals surface area (Å²) >= 11 is 0. The summed E-state index contributed by atoms with van der Waals surface area (Å²) in [4.78, 5) is 22.7. The summed E-state index contributed by atoms with van der Waals surface area (Å²) in [7, 11) is 0. The molecular weight excluding hydrogens is 313 g/mol. The van der Waals surface area contributed by atoms with Gasteiger partial charge >= 0.3 is 5.97 Å². The zero-order chi connectivity index (χ0) is 17.5. The fourth-order valence-corrected chi connectivity index (χ4v) is 1.97. The molecule has 0 saturated carbocycles. The normalized spacial score (nSPS) is 11.6. The van der Waals surface area contributed by atoms with Crippen LogP contribution in [0.5, 0.6) is 11.5 Å². The molecular formula is C18H18FNO4. The summed E-state index contributed by atoms with van der Waals surface area (Å²) in [5.41, 5.74) is 5.58. The van der Waals surface area contributed by atoms with Gasteiger partial charge < -0.3 is 15.2 Å². The van der Waals surface area contributed by atoms with Crippen LogP contribution >= 0.6 is 0 Å². The number of halogens is 1. The Labute approximate surface area is 139 Å². The van der Waals surface area contributed by atoms with Crippen LogP contribution in [0.2, 0.25) is 0 Å². The Bertz CT molecular complexity index is 715. The average Bonchev–Trinajstić information content (AvgIpc) is 2.56. The molecule has 0 aliphatic carbocycles. The van der Waals surface area contributed by atoms with Gasteiger partial charge in [0, 0.05) is 0 Å².